The largest absolute Gasteiger partial charge is 0.387 e. The van der Waals surface area contributed by atoms with Crippen LogP contribution in [0.25, 0.3) is 10.9 Å². The van der Waals surface area contributed by atoms with Crippen molar-refractivity contribution in [2.24, 2.45) is 11.3 Å². The average molecular weight is 436 g/mol. The maximum absolute atomic E-state index is 13.0. The second-order valence-corrected chi connectivity index (χ2v) is 11.6. The van der Waals surface area contributed by atoms with Gasteiger partial charge in [0.1, 0.15) is 6.10 Å². The van der Waals surface area contributed by atoms with Gasteiger partial charge in [-0.2, -0.15) is 0 Å². The number of carbonyl (C=O) groups is 1. The van der Waals surface area contributed by atoms with E-state index in [1.807, 2.05) is 0 Å². The number of hydrogen-bond acceptors (Lipinski definition) is 4. The molecule has 0 bridgehead atoms. The molecule has 5 heteroatoms. The van der Waals surface area contributed by atoms with E-state index in [0.29, 0.717) is 12.3 Å². The minimum atomic E-state index is -1.25. The van der Waals surface area contributed by atoms with Crippen LogP contribution in [0.3, 0.4) is 0 Å². The molecule has 1 aliphatic heterocycles. The molecule has 2 fully saturated rings. The Morgan fingerprint density at radius 2 is 1.91 bits per heavy atom. The van der Waals surface area contributed by atoms with Gasteiger partial charge in [-0.05, 0) is 75.1 Å². The molecule has 3 unspecified atom stereocenters. The third-order valence-electron chi connectivity index (χ3n) is 9.74. The predicted molar refractivity (Wildman–Crippen MR) is 122 cm³/mol. The molecular weight excluding hydrogens is 402 g/mol. The molecule has 2 aromatic rings. The summed E-state index contributed by atoms with van der Waals surface area (Å²) in [6.07, 6.45) is 4.51. The number of hydrogen-bond donors (Lipinski definition) is 3. The lowest BCUT2D eigenvalue weighted by atomic mass is 9.42. The lowest BCUT2D eigenvalue weighted by Crippen LogP contribution is -2.68. The molecule has 1 aromatic carbocycles. The molecule has 0 radical (unpaired) electrons. The van der Waals surface area contributed by atoms with Crippen LogP contribution in [0, 0.1) is 11.3 Å². The second kappa shape index (κ2) is 6.13. The smallest absolute Gasteiger partial charge is 0.187 e. The standard InChI is InChI=1S/C27H33NO4/c1-24(2,30)23-20(29)14-18-21(32-23)10-11-25(3)26(4)15(9-12-27(18,25)31)13-17-16-7-5-6-8-19(16)28-22(17)26/h5-8,14-15,21,23,28,30-31H,9-13H2,1-4H3/t15?,21?,23?,25-,26-,27-/m1/s1. The maximum atomic E-state index is 13.0. The van der Waals surface area contributed by atoms with Gasteiger partial charge in [0.2, 0.25) is 0 Å². The average Bonchev–Trinajstić information content (AvgIpc) is 3.24. The van der Waals surface area contributed by atoms with Gasteiger partial charge in [0.25, 0.3) is 0 Å². The highest BCUT2D eigenvalue weighted by Gasteiger charge is 2.70. The molecule has 0 amide bonds. The summed E-state index contributed by atoms with van der Waals surface area (Å²) in [7, 11) is 0. The topological polar surface area (TPSA) is 82.5 Å². The first kappa shape index (κ1) is 20.6. The van der Waals surface area contributed by atoms with Crippen LogP contribution in [0.2, 0.25) is 0 Å². The molecular formula is C27H33NO4. The minimum Gasteiger partial charge on any atom is -0.387 e. The lowest BCUT2D eigenvalue weighted by Gasteiger charge is -2.64. The molecule has 3 N–H and O–H groups in total. The summed E-state index contributed by atoms with van der Waals surface area (Å²) in [6.45, 7) is 7.77. The molecule has 5 nitrogen and oxygen atoms in total. The number of fused-ring (bicyclic) bond motifs is 9. The fraction of sp³-hybridized carbons (Fsp3) is 0.593. The normalized spacial score (nSPS) is 41.0. The first-order valence-electron chi connectivity index (χ1n) is 12.0. The van der Waals surface area contributed by atoms with Crippen LogP contribution in [-0.2, 0) is 21.4 Å². The summed E-state index contributed by atoms with van der Waals surface area (Å²) in [5.74, 6) is 0.214. The number of ether oxygens (including phenoxy) is 1. The van der Waals surface area contributed by atoms with Crippen molar-refractivity contribution >= 4 is 16.7 Å². The van der Waals surface area contributed by atoms with Crippen molar-refractivity contribution in [3.8, 4) is 0 Å². The zero-order valence-corrected chi connectivity index (χ0v) is 19.4. The molecule has 32 heavy (non-hydrogen) atoms. The van der Waals surface area contributed by atoms with E-state index in [9.17, 15) is 15.0 Å². The van der Waals surface area contributed by atoms with Crippen molar-refractivity contribution in [2.45, 2.75) is 88.6 Å². The number of carbonyl (C=O) groups excluding carboxylic acids is 1. The van der Waals surface area contributed by atoms with E-state index in [0.717, 1.165) is 36.8 Å². The summed E-state index contributed by atoms with van der Waals surface area (Å²) in [5.41, 5.74) is 1.53. The number of benzene rings is 1. The fourth-order valence-corrected chi connectivity index (χ4v) is 7.82. The van der Waals surface area contributed by atoms with Crippen molar-refractivity contribution in [2.75, 3.05) is 0 Å². The van der Waals surface area contributed by atoms with E-state index < -0.39 is 22.7 Å². The highest BCUT2D eigenvalue weighted by atomic mass is 16.5. The van der Waals surface area contributed by atoms with E-state index in [2.05, 4.69) is 43.1 Å². The van der Waals surface area contributed by atoms with E-state index in [1.165, 1.54) is 16.6 Å². The Kier molecular flexibility index (Phi) is 3.96. The third-order valence-corrected chi connectivity index (χ3v) is 9.74. The number of rotatable bonds is 1. The van der Waals surface area contributed by atoms with Gasteiger partial charge in [0.15, 0.2) is 5.78 Å². The van der Waals surface area contributed by atoms with Gasteiger partial charge in [-0.3, -0.25) is 4.79 Å². The molecule has 1 aromatic heterocycles. The zero-order chi connectivity index (χ0) is 22.7. The van der Waals surface area contributed by atoms with Crippen LogP contribution in [-0.4, -0.2) is 44.4 Å². The molecule has 0 saturated heterocycles. The van der Waals surface area contributed by atoms with Crippen LogP contribution in [0.4, 0.5) is 0 Å². The summed E-state index contributed by atoms with van der Waals surface area (Å²) in [4.78, 5) is 16.7. The summed E-state index contributed by atoms with van der Waals surface area (Å²) in [6, 6.07) is 8.49. The Morgan fingerprint density at radius 1 is 1.16 bits per heavy atom. The van der Waals surface area contributed by atoms with Gasteiger partial charge < -0.3 is 19.9 Å². The quantitative estimate of drug-likeness (QED) is 0.633. The van der Waals surface area contributed by atoms with Gasteiger partial charge in [0.05, 0.1) is 17.3 Å². The molecule has 2 heterocycles. The van der Waals surface area contributed by atoms with E-state index >= 15 is 0 Å². The van der Waals surface area contributed by atoms with Gasteiger partial charge in [-0.1, -0.05) is 32.0 Å². The summed E-state index contributed by atoms with van der Waals surface area (Å²) < 4.78 is 6.15. The number of ketones is 1. The third kappa shape index (κ3) is 2.27. The summed E-state index contributed by atoms with van der Waals surface area (Å²) in [5, 5.41) is 24.1. The first-order valence-corrected chi connectivity index (χ1v) is 12.0. The number of H-pyrrole nitrogens is 1. The number of para-hydroxylation sites is 1. The zero-order valence-electron chi connectivity index (χ0n) is 19.4. The minimum absolute atomic E-state index is 0.226. The molecule has 6 rings (SSSR count). The Morgan fingerprint density at radius 3 is 2.66 bits per heavy atom. The van der Waals surface area contributed by atoms with E-state index in [1.54, 1.807) is 19.9 Å². The van der Waals surface area contributed by atoms with Crippen molar-refractivity contribution in [1.29, 1.82) is 0 Å². The van der Waals surface area contributed by atoms with Crippen LogP contribution >= 0.6 is 0 Å². The van der Waals surface area contributed by atoms with Gasteiger partial charge in [-0.25, -0.2) is 0 Å². The first-order chi connectivity index (χ1) is 15.0. The molecule has 6 atom stereocenters. The maximum Gasteiger partial charge on any atom is 0.187 e. The Hall–Kier alpha value is -1.95. The Labute approximate surface area is 188 Å². The van der Waals surface area contributed by atoms with Crippen molar-refractivity contribution in [3.05, 3.63) is 47.2 Å². The highest BCUT2D eigenvalue weighted by Crippen LogP contribution is 2.69. The van der Waals surface area contributed by atoms with Crippen LogP contribution in [0.1, 0.15) is 64.6 Å². The van der Waals surface area contributed by atoms with Gasteiger partial charge in [-0.15, -0.1) is 0 Å². The predicted octanol–water partition coefficient (Wildman–Crippen LogP) is 3.96. The molecule has 3 aliphatic carbocycles. The van der Waals surface area contributed by atoms with E-state index in [-0.39, 0.29) is 17.3 Å². The number of aliphatic hydroxyl groups is 2. The highest BCUT2D eigenvalue weighted by molar-refractivity contribution is 5.96. The van der Waals surface area contributed by atoms with E-state index in [4.69, 9.17) is 4.74 Å². The van der Waals surface area contributed by atoms with Gasteiger partial charge in [0, 0.05) is 27.4 Å². The fourth-order valence-electron chi connectivity index (χ4n) is 7.82. The Bertz CT molecular complexity index is 1170. The Balaban J connectivity index is 1.50. The van der Waals surface area contributed by atoms with Crippen molar-refractivity contribution in [1.82, 2.24) is 4.98 Å². The molecule has 2 saturated carbocycles. The van der Waals surface area contributed by atoms with Crippen LogP contribution in [0.5, 0.6) is 0 Å². The SMILES string of the molecule is CC(C)(O)C1OC2CC[C@@]3(C)[C@@](O)(CCC4Cc5c([nH]c6ccccc56)[C@@]43C)C2=CC1=O. The monoisotopic (exact) mass is 435 g/mol. The number of aromatic nitrogens is 1. The van der Waals surface area contributed by atoms with Crippen LogP contribution < -0.4 is 0 Å². The van der Waals surface area contributed by atoms with Crippen molar-refractivity contribution < 1.29 is 19.7 Å². The molecule has 4 aliphatic rings. The molecule has 0 spiro atoms. The lowest BCUT2D eigenvalue weighted by molar-refractivity contribution is -0.195. The van der Waals surface area contributed by atoms with Crippen molar-refractivity contribution in [3.63, 3.8) is 0 Å². The second-order valence-electron chi connectivity index (χ2n) is 11.6. The number of nitrogens with one attached hydrogen (secondary N) is 1. The van der Waals surface area contributed by atoms with Crippen LogP contribution in [0.15, 0.2) is 35.9 Å². The molecule has 170 valence electrons. The van der Waals surface area contributed by atoms with Gasteiger partial charge >= 0.3 is 0 Å². The number of aromatic amines is 1. The summed E-state index contributed by atoms with van der Waals surface area (Å²) >= 11 is 0.